The lowest BCUT2D eigenvalue weighted by Crippen LogP contribution is -2.19. The van der Waals surface area contributed by atoms with Gasteiger partial charge in [0.05, 0.1) is 0 Å². The average molecular weight is 375 g/mol. The molecular weight excluding hydrogens is 369 g/mol. The molecule has 0 bridgehead atoms. The van der Waals surface area contributed by atoms with Crippen molar-refractivity contribution >= 4 is 0 Å². The van der Waals surface area contributed by atoms with E-state index in [4.69, 9.17) is 0 Å². The van der Waals surface area contributed by atoms with Gasteiger partial charge in [-0.2, -0.15) is 26.3 Å². The summed E-state index contributed by atoms with van der Waals surface area (Å²) in [4.78, 5) is 2.54. The zero-order valence-corrected chi connectivity index (χ0v) is 11.7. The number of hydrogen-bond acceptors (Lipinski definition) is 2. The van der Waals surface area contributed by atoms with E-state index in [0.717, 1.165) is 24.3 Å². The summed E-state index contributed by atoms with van der Waals surface area (Å²) >= 11 is 0. The largest absolute Gasteiger partial charge is 0.573 e. The van der Waals surface area contributed by atoms with Gasteiger partial charge in [0.2, 0.25) is 0 Å². The Balaban J connectivity index is 2.68. The molecule has 2 aromatic rings. The van der Waals surface area contributed by atoms with Gasteiger partial charge < -0.3 is 4.74 Å². The standard InChI is InChI=1S/C14H6F9NO/c15-12(16,17)10-6-5-8(11(24-10)13(18,19)20)7-3-1-2-4-9(7)25-14(21,22)23/h1-6H. The molecule has 2 rings (SSSR count). The molecule has 25 heavy (non-hydrogen) atoms. The zero-order chi connectivity index (χ0) is 19.0. The van der Waals surface area contributed by atoms with Crippen LogP contribution in [0, 0.1) is 0 Å². The fraction of sp³-hybridized carbons (Fsp3) is 0.214. The summed E-state index contributed by atoms with van der Waals surface area (Å²) < 4.78 is 118. The monoisotopic (exact) mass is 375 g/mol. The van der Waals surface area contributed by atoms with E-state index in [1.807, 2.05) is 0 Å². The van der Waals surface area contributed by atoms with Gasteiger partial charge in [-0.25, -0.2) is 4.98 Å². The average Bonchev–Trinajstić information content (AvgIpc) is 2.43. The summed E-state index contributed by atoms with van der Waals surface area (Å²) in [6.45, 7) is 0. The van der Waals surface area contributed by atoms with E-state index in [1.54, 1.807) is 0 Å². The van der Waals surface area contributed by atoms with Crippen molar-refractivity contribution in [2.75, 3.05) is 0 Å². The first kappa shape index (κ1) is 18.9. The third-order valence-electron chi connectivity index (χ3n) is 2.86. The van der Waals surface area contributed by atoms with Crippen LogP contribution in [-0.2, 0) is 12.4 Å². The Labute approximate surface area is 133 Å². The van der Waals surface area contributed by atoms with Crippen LogP contribution in [0.3, 0.4) is 0 Å². The van der Waals surface area contributed by atoms with Crippen molar-refractivity contribution in [2.24, 2.45) is 0 Å². The van der Waals surface area contributed by atoms with Crippen molar-refractivity contribution in [1.29, 1.82) is 0 Å². The molecule has 11 heteroatoms. The maximum atomic E-state index is 13.1. The Morgan fingerprint density at radius 1 is 0.680 bits per heavy atom. The first-order chi connectivity index (χ1) is 11.3. The zero-order valence-electron chi connectivity index (χ0n) is 11.7. The van der Waals surface area contributed by atoms with E-state index in [9.17, 15) is 39.5 Å². The highest BCUT2D eigenvalue weighted by Gasteiger charge is 2.41. The van der Waals surface area contributed by atoms with E-state index in [1.165, 1.54) is 0 Å². The predicted molar refractivity (Wildman–Crippen MR) is 66.4 cm³/mol. The van der Waals surface area contributed by atoms with Gasteiger partial charge in [-0.1, -0.05) is 18.2 Å². The maximum absolute atomic E-state index is 13.1. The second-order valence-corrected chi connectivity index (χ2v) is 4.63. The number of nitrogens with zero attached hydrogens (tertiary/aromatic N) is 1. The molecule has 0 amide bonds. The summed E-state index contributed by atoms with van der Waals surface area (Å²) in [6, 6.07) is 4.40. The van der Waals surface area contributed by atoms with Crippen molar-refractivity contribution in [3.8, 4) is 16.9 Å². The minimum absolute atomic E-state index is 0.245. The van der Waals surface area contributed by atoms with Gasteiger partial charge in [-0.15, -0.1) is 13.2 Å². The van der Waals surface area contributed by atoms with Gasteiger partial charge >= 0.3 is 18.7 Å². The molecule has 0 spiro atoms. The van der Waals surface area contributed by atoms with E-state index in [0.29, 0.717) is 6.07 Å². The van der Waals surface area contributed by atoms with Crippen LogP contribution >= 0.6 is 0 Å². The number of ether oxygens (including phenoxy) is 1. The molecule has 136 valence electrons. The lowest BCUT2D eigenvalue weighted by atomic mass is 10.0. The Morgan fingerprint density at radius 3 is 1.80 bits per heavy atom. The molecule has 2 nitrogen and oxygen atoms in total. The van der Waals surface area contributed by atoms with E-state index in [-0.39, 0.29) is 6.07 Å². The molecule has 0 saturated carbocycles. The second-order valence-electron chi connectivity index (χ2n) is 4.63. The summed E-state index contributed by atoms with van der Waals surface area (Å²) in [5.41, 5.74) is -5.47. The fourth-order valence-corrected chi connectivity index (χ4v) is 1.95. The molecule has 0 aliphatic heterocycles. The highest BCUT2D eigenvalue weighted by Crippen LogP contribution is 2.42. The van der Waals surface area contributed by atoms with Crippen molar-refractivity contribution in [3.63, 3.8) is 0 Å². The number of rotatable bonds is 2. The third kappa shape index (κ3) is 4.54. The molecule has 0 aliphatic rings. The van der Waals surface area contributed by atoms with Gasteiger partial charge in [-0.3, -0.25) is 0 Å². The number of pyridine rings is 1. The summed E-state index contributed by atoms with van der Waals surface area (Å²) in [5, 5.41) is 0. The van der Waals surface area contributed by atoms with Crippen molar-refractivity contribution < 1.29 is 44.3 Å². The lowest BCUT2D eigenvalue weighted by molar-refractivity contribution is -0.274. The summed E-state index contributed by atoms with van der Waals surface area (Å²) in [6.07, 6.45) is -15.7. The Hall–Kier alpha value is -2.46. The molecule has 0 radical (unpaired) electrons. The SMILES string of the molecule is FC(F)(F)Oc1ccccc1-c1ccc(C(F)(F)F)nc1C(F)(F)F. The number of benzene rings is 1. The molecule has 1 aromatic heterocycles. The van der Waals surface area contributed by atoms with Crippen LogP contribution in [0.5, 0.6) is 5.75 Å². The second kappa shape index (κ2) is 6.12. The van der Waals surface area contributed by atoms with Crippen LogP contribution in [-0.4, -0.2) is 11.3 Å². The predicted octanol–water partition coefficient (Wildman–Crippen LogP) is 5.68. The van der Waals surface area contributed by atoms with Crippen LogP contribution in [0.15, 0.2) is 36.4 Å². The van der Waals surface area contributed by atoms with Gasteiger partial charge in [0.1, 0.15) is 11.4 Å². The number of halogens is 9. The van der Waals surface area contributed by atoms with Gasteiger partial charge in [0, 0.05) is 11.1 Å². The molecule has 0 unspecified atom stereocenters. The van der Waals surface area contributed by atoms with Crippen molar-refractivity contribution in [3.05, 3.63) is 47.8 Å². The van der Waals surface area contributed by atoms with Gasteiger partial charge in [0.25, 0.3) is 0 Å². The van der Waals surface area contributed by atoms with Gasteiger partial charge in [-0.05, 0) is 18.2 Å². The molecular formula is C14H6F9NO. The van der Waals surface area contributed by atoms with Crippen molar-refractivity contribution in [2.45, 2.75) is 18.7 Å². The Morgan fingerprint density at radius 2 is 1.28 bits per heavy atom. The Bertz CT molecular complexity index is 762. The highest BCUT2D eigenvalue weighted by molar-refractivity contribution is 5.73. The first-order valence-electron chi connectivity index (χ1n) is 6.29. The smallest absolute Gasteiger partial charge is 0.405 e. The number of alkyl halides is 9. The molecule has 0 N–H and O–H groups in total. The highest BCUT2D eigenvalue weighted by atomic mass is 19.4. The van der Waals surface area contributed by atoms with Crippen LogP contribution in [0.2, 0.25) is 0 Å². The summed E-state index contributed by atoms with van der Waals surface area (Å²) in [7, 11) is 0. The molecule has 1 heterocycles. The fourth-order valence-electron chi connectivity index (χ4n) is 1.95. The summed E-state index contributed by atoms with van der Waals surface area (Å²) in [5.74, 6) is -0.998. The normalized spacial score (nSPS) is 13.0. The minimum Gasteiger partial charge on any atom is -0.405 e. The topological polar surface area (TPSA) is 22.1 Å². The van der Waals surface area contributed by atoms with Gasteiger partial charge in [0.15, 0.2) is 5.69 Å². The van der Waals surface area contributed by atoms with Crippen LogP contribution in [0.1, 0.15) is 11.4 Å². The third-order valence-corrected chi connectivity index (χ3v) is 2.86. The first-order valence-corrected chi connectivity index (χ1v) is 6.29. The quantitative estimate of drug-likeness (QED) is 0.630. The van der Waals surface area contributed by atoms with Crippen molar-refractivity contribution in [1.82, 2.24) is 4.98 Å². The van der Waals surface area contributed by atoms with E-state index in [2.05, 4.69) is 9.72 Å². The molecule has 0 aliphatic carbocycles. The molecule has 0 atom stereocenters. The number of hydrogen-bond donors (Lipinski definition) is 0. The van der Waals surface area contributed by atoms with E-state index >= 15 is 0 Å². The lowest BCUT2D eigenvalue weighted by Gasteiger charge is -2.17. The Kier molecular flexibility index (Phi) is 4.62. The number of aromatic nitrogens is 1. The van der Waals surface area contributed by atoms with Crippen LogP contribution < -0.4 is 4.74 Å². The molecule has 0 saturated heterocycles. The minimum atomic E-state index is -5.33. The maximum Gasteiger partial charge on any atom is 0.573 e. The van der Waals surface area contributed by atoms with Crippen LogP contribution in [0.4, 0.5) is 39.5 Å². The van der Waals surface area contributed by atoms with E-state index < -0.39 is 47.0 Å². The molecule has 0 fully saturated rings. The molecule has 1 aromatic carbocycles. The van der Waals surface area contributed by atoms with Crippen LogP contribution in [0.25, 0.3) is 11.1 Å². The number of para-hydroxylation sites is 1.